The quantitative estimate of drug-likeness (QED) is 0.881. The van der Waals surface area contributed by atoms with Gasteiger partial charge in [-0.2, -0.15) is 0 Å². The highest BCUT2D eigenvalue weighted by molar-refractivity contribution is 6.35. The zero-order valence-corrected chi connectivity index (χ0v) is 13.8. The fourth-order valence-electron chi connectivity index (χ4n) is 2.40. The van der Waals surface area contributed by atoms with Crippen LogP contribution in [-0.2, 0) is 11.3 Å². The first-order valence-electron chi connectivity index (χ1n) is 7.35. The maximum atomic E-state index is 12.0. The molecule has 122 valence electrons. The van der Waals surface area contributed by atoms with Crippen LogP contribution in [-0.4, -0.2) is 35.7 Å². The van der Waals surface area contributed by atoms with Gasteiger partial charge in [0.05, 0.1) is 19.2 Å². The van der Waals surface area contributed by atoms with Crippen LogP contribution in [0, 0.1) is 0 Å². The topological polar surface area (TPSA) is 65.4 Å². The summed E-state index contributed by atoms with van der Waals surface area (Å²) in [6, 6.07) is 3.91. The van der Waals surface area contributed by atoms with E-state index in [0.29, 0.717) is 34.0 Å². The van der Waals surface area contributed by atoms with E-state index in [-0.39, 0.29) is 12.5 Å². The zero-order chi connectivity index (χ0) is 16.4. The van der Waals surface area contributed by atoms with Gasteiger partial charge in [-0.05, 0) is 25.0 Å². The molecule has 0 radical (unpaired) electrons. The van der Waals surface area contributed by atoms with Crippen molar-refractivity contribution in [1.29, 1.82) is 0 Å². The molecule has 1 aliphatic carbocycles. The van der Waals surface area contributed by atoms with Crippen LogP contribution in [0.4, 0.5) is 0 Å². The Labute approximate surface area is 139 Å². The van der Waals surface area contributed by atoms with Crippen LogP contribution < -0.4 is 14.8 Å². The summed E-state index contributed by atoms with van der Waals surface area (Å²) >= 11 is 6.43. The Morgan fingerprint density at radius 2 is 2.17 bits per heavy atom. The molecule has 6 nitrogen and oxygen atoms in total. The molecule has 0 spiro atoms. The molecule has 1 N–H and O–H groups in total. The number of nitrogens with one attached hydrogen (secondary N) is 1. The highest BCUT2D eigenvalue weighted by Crippen LogP contribution is 2.41. The normalized spacial score (nSPS) is 13.7. The van der Waals surface area contributed by atoms with E-state index in [0.717, 1.165) is 12.8 Å². The van der Waals surface area contributed by atoms with Crippen molar-refractivity contribution in [3.8, 4) is 22.9 Å². The van der Waals surface area contributed by atoms with E-state index in [9.17, 15) is 4.79 Å². The molecule has 1 heterocycles. The summed E-state index contributed by atoms with van der Waals surface area (Å²) in [4.78, 5) is 16.3. The second kappa shape index (κ2) is 6.50. The summed E-state index contributed by atoms with van der Waals surface area (Å²) in [5.41, 5.74) is 0.688. The lowest BCUT2D eigenvalue weighted by Gasteiger charge is -2.14. The highest BCUT2D eigenvalue weighted by atomic mass is 35.5. The van der Waals surface area contributed by atoms with Crippen molar-refractivity contribution in [2.45, 2.75) is 25.4 Å². The minimum absolute atomic E-state index is 0.0247. The SMILES string of the molecule is COc1ccc(-c2nccn2CC(=O)NC2CC2)c(Cl)c1OC. The van der Waals surface area contributed by atoms with Crippen molar-refractivity contribution < 1.29 is 14.3 Å². The largest absolute Gasteiger partial charge is 0.493 e. The first kappa shape index (κ1) is 15.7. The molecule has 0 saturated heterocycles. The molecule has 0 aliphatic heterocycles. The number of methoxy groups -OCH3 is 2. The Balaban J connectivity index is 1.90. The summed E-state index contributed by atoms with van der Waals surface area (Å²) in [5.74, 6) is 1.58. The standard InChI is InChI=1S/C16H18ClN3O3/c1-22-12-6-5-11(14(17)15(12)23-2)16-18-7-8-20(16)9-13(21)19-10-3-4-10/h5-8,10H,3-4,9H2,1-2H3,(H,19,21). The number of hydrogen-bond donors (Lipinski definition) is 1. The monoisotopic (exact) mass is 335 g/mol. The number of hydrogen-bond acceptors (Lipinski definition) is 4. The van der Waals surface area contributed by atoms with Gasteiger partial charge in [-0.25, -0.2) is 4.98 Å². The molecule has 2 aromatic rings. The molecular formula is C16H18ClN3O3. The minimum Gasteiger partial charge on any atom is -0.493 e. The number of aromatic nitrogens is 2. The number of halogens is 1. The Morgan fingerprint density at radius 1 is 1.39 bits per heavy atom. The number of benzene rings is 1. The van der Waals surface area contributed by atoms with Gasteiger partial charge in [0.25, 0.3) is 0 Å². The molecule has 1 aliphatic rings. The molecule has 3 rings (SSSR count). The van der Waals surface area contributed by atoms with Gasteiger partial charge in [-0.15, -0.1) is 0 Å². The van der Waals surface area contributed by atoms with Crippen molar-refractivity contribution in [3.05, 3.63) is 29.5 Å². The Kier molecular flexibility index (Phi) is 4.43. The van der Waals surface area contributed by atoms with E-state index in [1.807, 2.05) is 0 Å². The maximum Gasteiger partial charge on any atom is 0.240 e. The van der Waals surface area contributed by atoms with Crippen LogP contribution in [0.15, 0.2) is 24.5 Å². The van der Waals surface area contributed by atoms with Crippen LogP contribution in [0.5, 0.6) is 11.5 Å². The van der Waals surface area contributed by atoms with Crippen LogP contribution in [0.2, 0.25) is 5.02 Å². The molecule has 0 atom stereocenters. The van der Waals surface area contributed by atoms with E-state index in [1.54, 1.807) is 36.2 Å². The predicted octanol–water partition coefficient (Wildman–Crippen LogP) is 2.50. The van der Waals surface area contributed by atoms with Crippen molar-refractivity contribution in [2.24, 2.45) is 0 Å². The first-order valence-corrected chi connectivity index (χ1v) is 7.73. The van der Waals surface area contributed by atoms with Crippen LogP contribution >= 0.6 is 11.6 Å². The van der Waals surface area contributed by atoms with Gasteiger partial charge in [0.2, 0.25) is 5.91 Å². The van der Waals surface area contributed by atoms with Gasteiger partial charge in [0.1, 0.15) is 12.4 Å². The van der Waals surface area contributed by atoms with Gasteiger partial charge < -0.3 is 19.4 Å². The van der Waals surface area contributed by atoms with Crippen molar-refractivity contribution >= 4 is 17.5 Å². The summed E-state index contributed by atoms with van der Waals surface area (Å²) in [7, 11) is 3.08. The second-order valence-electron chi connectivity index (χ2n) is 5.38. The Morgan fingerprint density at radius 3 is 2.83 bits per heavy atom. The van der Waals surface area contributed by atoms with Crippen LogP contribution in [0.25, 0.3) is 11.4 Å². The van der Waals surface area contributed by atoms with Gasteiger partial charge in [0, 0.05) is 24.0 Å². The smallest absolute Gasteiger partial charge is 0.240 e. The van der Waals surface area contributed by atoms with E-state index in [1.165, 1.54) is 7.11 Å². The Bertz CT molecular complexity index is 725. The fraction of sp³-hybridized carbons (Fsp3) is 0.375. The van der Waals surface area contributed by atoms with E-state index in [4.69, 9.17) is 21.1 Å². The van der Waals surface area contributed by atoms with Gasteiger partial charge >= 0.3 is 0 Å². The van der Waals surface area contributed by atoms with Gasteiger partial charge in [0.15, 0.2) is 11.5 Å². The molecule has 1 aromatic heterocycles. The molecule has 1 aromatic carbocycles. The molecule has 23 heavy (non-hydrogen) atoms. The van der Waals surface area contributed by atoms with Crippen molar-refractivity contribution in [1.82, 2.24) is 14.9 Å². The fourth-order valence-corrected chi connectivity index (χ4v) is 2.72. The number of imidazole rings is 1. The van der Waals surface area contributed by atoms with E-state index < -0.39 is 0 Å². The number of carbonyl (C=O) groups excluding carboxylic acids is 1. The van der Waals surface area contributed by atoms with Gasteiger partial charge in [-0.3, -0.25) is 4.79 Å². The summed E-state index contributed by atoms with van der Waals surface area (Å²) in [6.07, 6.45) is 5.52. The van der Waals surface area contributed by atoms with E-state index >= 15 is 0 Å². The minimum atomic E-state index is -0.0247. The molecule has 1 saturated carbocycles. The number of ether oxygens (including phenoxy) is 2. The second-order valence-corrected chi connectivity index (χ2v) is 5.76. The van der Waals surface area contributed by atoms with Crippen LogP contribution in [0.1, 0.15) is 12.8 Å². The van der Waals surface area contributed by atoms with Gasteiger partial charge in [-0.1, -0.05) is 11.6 Å². The first-order chi connectivity index (χ1) is 11.1. The molecule has 0 bridgehead atoms. The summed E-state index contributed by atoms with van der Waals surface area (Å²) in [5, 5.41) is 3.37. The van der Waals surface area contributed by atoms with Crippen molar-refractivity contribution in [2.75, 3.05) is 14.2 Å². The predicted molar refractivity (Wildman–Crippen MR) is 86.9 cm³/mol. The maximum absolute atomic E-state index is 12.0. The molecule has 1 fully saturated rings. The summed E-state index contributed by atoms with van der Waals surface area (Å²) < 4.78 is 12.3. The molecule has 1 amide bonds. The highest BCUT2D eigenvalue weighted by Gasteiger charge is 2.24. The van der Waals surface area contributed by atoms with E-state index in [2.05, 4.69) is 10.3 Å². The lowest BCUT2D eigenvalue weighted by Crippen LogP contribution is -2.29. The lowest BCUT2D eigenvalue weighted by atomic mass is 10.2. The molecule has 0 unspecified atom stereocenters. The van der Waals surface area contributed by atoms with Crippen LogP contribution in [0.3, 0.4) is 0 Å². The third-order valence-electron chi connectivity index (χ3n) is 3.70. The summed E-state index contributed by atoms with van der Waals surface area (Å²) in [6.45, 7) is 0.205. The third-order valence-corrected chi connectivity index (χ3v) is 4.07. The lowest BCUT2D eigenvalue weighted by molar-refractivity contribution is -0.121. The number of carbonyl (C=O) groups is 1. The van der Waals surface area contributed by atoms with Crippen molar-refractivity contribution in [3.63, 3.8) is 0 Å². The number of rotatable bonds is 6. The average Bonchev–Trinajstić information content (AvgIpc) is 3.23. The third kappa shape index (κ3) is 3.27. The zero-order valence-electron chi connectivity index (χ0n) is 13.0. The number of nitrogens with zero attached hydrogens (tertiary/aromatic N) is 2. The average molecular weight is 336 g/mol. The molecule has 7 heteroatoms. The number of amides is 1. The molecular weight excluding hydrogens is 318 g/mol. The Hall–Kier alpha value is -2.21.